The van der Waals surface area contributed by atoms with Crippen molar-refractivity contribution >= 4 is 23.1 Å². The highest BCUT2D eigenvalue weighted by Gasteiger charge is 2.13. The van der Waals surface area contributed by atoms with Crippen LogP contribution in [0.5, 0.6) is 11.5 Å². The standard InChI is InChI=1S/C20H15F2N3O3/c21-13-1-3-16(15(22)10-13)25-20(26)12-5-6-23-19(9-12)24-14-2-4-17-18(11-14)28-8-7-27-17/h1-6,9-11H,7-8H2,(H,23,24)(H,25,26). The van der Waals surface area contributed by atoms with E-state index in [4.69, 9.17) is 9.47 Å². The van der Waals surface area contributed by atoms with E-state index in [1.165, 1.54) is 18.3 Å². The molecule has 0 radical (unpaired) electrons. The van der Waals surface area contributed by atoms with Gasteiger partial charge >= 0.3 is 0 Å². The van der Waals surface area contributed by atoms with Gasteiger partial charge in [0, 0.05) is 29.6 Å². The predicted molar refractivity (Wildman–Crippen MR) is 99.3 cm³/mol. The summed E-state index contributed by atoms with van der Waals surface area (Å²) < 4.78 is 37.7. The van der Waals surface area contributed by atoms with E-state index in [0.717, 1.165) is 12.1 Å². The van der Waals surface area contributed by atoms with Gasteiger partial charge in [0.25, 0.3) is 5.91 Å². The molecule has 2 N–H and O–H groups in total. The van der Waals surface area contributed by atoms with Crippen LogP contribution in [0.2, 0.25) is 0 Å². The van der Waals surface area contributed by atoms with Crippen molar-refractivity contribution in [2.24, 2.45) is 0 Å². The Bertz CT molecular complexity index is 1040. The Labute approximate surface area is 159 Å². The normalized spacial score (nSPS) is 12.4. The van der Waals surface area contributed by atoms with Crippen LogP contribution in [0.1, 0.15) is 10.4 Å². The Balaban J connectivity index is 1.50. The number of nitrogens with zero attached hydrogens (tertiary/aromatic N) is 1. The number of nitrogens with one attached hydrogen (secondary N) is 2. The predicted octanol–water partition coefficient (Wildman–Crippen LogP) is 4.13. The van der Waals surface area contributed by atoms with E-state index in [-0.39, 0.29) is 11.3 Å². The number of pyridine rings is 1. The molecule has 0 spiro atoms. The zero-order valence-corrected chi connectivity index (χ0v) is 14.5. The van der Waals surface area contributed by atoms with Crippen molar-refractivity contribution < 1.29 is 23.0 Å². The van der Waals surface area contributed by atoms with Crippen LogP contribution in [0.3, 0.4) is 0 Å². The fourth-order valence-electron chi connectivity index (χ4n) is 2.69. The molecule has 4 rings (SSSR count). The first-order chi connectivity index (χ1) is 13.6. The summed E-state index contributed by atoms with van der Waals surface area (Å²) >= 11 is 0. The zero-order chi connectivity index (χ0) is 19.5. The molecule has 0 saturated heterocycles. The van der Waals surface area contributed by atoms with Crippen molar-refractivity contribution in [3.63, 3.8) is 0 Å². The number of fused-ring (bicyclic) bond motifs is 1. The smallest absolute Gasteiger partial charge is 0.255 e. The molecule has 3 aromatic rings. The maximum Gasteiger partial charge on any atom is 0.255 e. The maximum absolute atomic E-state index is 13.7. The molecule has 8 heteroatoms. The van der Waals surface area contributed by atoms with Gasteiger partial charge in [0.2, 0.25) is 0 Å². The summed E-state index contributed by atoms with van der Waals surface area (Å²) in [4.78, 5) is 16.6. The van der Waals surface area contributed by atoms with Gasteiger partial charge in [-0.25, -0.2) is 13.8 Å². The number of anilines is 3. The summed E-state index contributed by atoms with van der Waals surface area (Å²) in [6, 6.07) is 11.3. The van der Waals surface area contributed by atoms with Crippen LogP contribution >= 0.6 is 0 Å². The number of benzene rings is 2. The van der Waals surface area contributed by atoms with E-state index in [0.29, 0.717) is 42.3 Å². The number of ether oxygens (including phenoxy) is 2. The molecule has 28 heavy (non-hydrogen) atoms. The minimum Gasteiger partial charge on any atom is -0.486 e. The quantitative estimate of drug-likeness (QED) is 0.709. The van der Waals surface area contributed by atoms with Crippen molar-refractivity contribution in [3.8, 4) is 11.5 Å². The molecule has 2 heterocycles. The highest BCUT2D eigenvalue weighted by Crippen LogP contribution is 2.33. The molecule has 6 nitrogen and oxygen atoms in total. The van der Waals surface area contributed by atoms with Crippen LogP contribution in [-0.4, -0.2) is 24.1 Å². The van der Waals surface area contributed by atoms with Crippen LogP contribution in [0.25, 0.3) is 0 Å². The second-order valence-electron chi connectivity index (χ2n) is 5.99. The average molecular weight is 383 g/mol. The van der Waals surface area contributed by atoms with E-state index in [1.807, 2.05) is 0 Å². The Hall–Kier alpha value is -3.68. The zero-order valence-electron chi connectivity index (χ0n) is 14.5. The number of hydrogen-bond acceptors (Lipinski definition) is 5. The number of aromatic nitrogens is 1. The topological polar surface area (TPSA) is 72.5 Å². The summed E-state index contributed by atoms with van der Waals surface area (Å²) in [7, 11) is 0. The third kappa shape index (κ3) is 3.85. The molecule has 0 atom stereocenters. The average Bonchev–Trinajstić information content (AvgIpc) is 2.70. The molecule has 0 fully saturated rings. The molecule has 1 aliphatic rings. The Morgan fingerprint density at radius 1 is 0.964 bits per heavy atom. The lowest BCUT2D eigenvalue weighted by Gasteiger charge is -2.19. The molecule has 0 saturated carbocycles. The summed E-state index contributed by atoms with van der Waals surface area (Å²) in [5.74, 6) is -0.402. The SMILES string of the molecule is O=C(Nc1ccc(F)cc1F)c1ccnc(Nc2ccc3c(c2)OCCO3)c1. The van der Waals surface area contributed by atoms with Gasteiger partial charge in [-0.2, -0.15) is 0 Å². The van der Waals surface area contributed by atoms with E-state index >= 15 is 0 Å². The van der Waals surface area contributed by atoms with Gasteiger partial charge < -0.3 is 20.1 Å². The second kappa shape index (κ2) is 7.51. The maximum atomic E-state index is 13.7. The first-order valence-corrected chi connectivity index (χ1v) is 8.47. The molecule has 0 unspecified atom stereocenters. The van der Waals surface area contributed by atoms with Crippen LogP contribution in [0, 0.1) is 11.6 Å². The highest BCUT2D eigenvalue weighted by molar-refractivity contribution is 6.04. The molecule has 1 aromatic heterocycles. The van der Waals surface area contributed by atoms with Crippen LogP contribution in [-0.2, 0) is 0 Å². The monoisotopic (exact) mass is 383 g/mol. The largest absolute Gasteiger partial charge is 0.486 e. The first kappa shape index (κ1) is 17.7. The summed E-state index contributed by atoms with van der Waals surface area (Å²) in [5, 5.41) is 5.49. The lowest BCUT2D eigenvalue weighted by atomic mass is 10.2. The lowest BCUT2D eigenvalue weighted by molar-refractivity contribution is 0.102. The van der Waals surface area contributed by atoms with Gasteiger partial charge in [0.15, 0.2) is 11.5 Å². The van der Waals surface area contributed by atoms with Crippen molar-refractivity contribution in [2.45, 2.75) is 0 Å². The van der Waals surface area contributed by atoms with Crippen molar-refractivity contribution in [2.75, 3.05) is 23.8 Å². The van der Waals surface area contributed by atoms with E-state index < -0.39 is 17.5 Å². The van der Waals surface area contributed by atoms with Gasteiger partial charge in [-0.15, -0.1) is 0 Å². The van der Waals surface area contributed by atoms with E-state index in [9.17, 15) is 13.6 Å². The molecule has 0 aliphatic carbocycles. The minimum atomic E-state index is -0.850. The third-order valence-corrected chi connectivity index (χ3v) is 4.02. The van der Waals surface area contributed by atoms with E-state index in [1.54, 1.807) is 18.2 Å². The second-order valence-corrected chi connectivity index (χ2v) is 5.99. The highest BCUT2D eigenvalue weighted by atomic mass is 19.1. The molecule has 0 bridgehead atoms. The molecular weight excluding hydrogens is 368 g/mol. The third-order valence-electron chi connectivity index (χ3n) is 4.02. The van der Waals surface area contributed by atoms with Gasteiger partial charge in [-0.1, -0.05) is 0 Å². The van der Waals surface area contributed by atoms with Crippen molar-refractivity contribution in [1.29, 1.82) is 0 Å². The summed E-state index contributed by atoms with van der Waals surface area (Å²) in [6.45, 7) is 0.984. The van der Waals surface area contributed by atoms with Gasteiger partial charge in [0.05, 0.1) is 5.69 Å². The number of rotatable bonds is 4. The Kier molecular flexibility index (Phi) is 4.76. The fourth-order valence-corrected chi connectivity index (χ4v) is 2.69. The lowest BCUT2D eigenvalue weighted by Crippen LogP contribution is -2.15. The molecule has 2 aromatic carbocycles. The number of amides is 1. The Morgan fingerprint density at radius 2 is 1.79 bits per heavy atom. The number of carbonyl (C=O) groups excluding carboxylic acids is 1. The molecular formula is C20H15F2N3O3. The number of hydrogen-bond donors (Lipinski definition) is 2. The Morgan fingerprint density at radius 3 is 2.61 bits per heavy atom. The number of carbonyl (C=O) groups is 1. The van der Waals surface area contributed by atoms with Gasteiger partial charge in [-0.3, -0.25) is 4.79 Å². The minimum absolute atomic E-state index is 0.107. The first-order valence-electron chi connectivity index (χ1n) is 8.47. The van der Waals surface area contributed by atoms with Crippen LogP contribution in [0.4, 0.5) is 26.0 Å². The van der Waals surface area contributed by atoms with Crippen LogP contribution in [0.15, 0.2) is 54.7 Å². The fraction of sp³-hybridized carbons (Fsp3) is 0.100. The molecule has 142 valence electrons. The molecule has 1 amide bonds. The van der Waals surface area contributed by atoms with Crippen LogP contribution < -0.4 is 20.1 Å². The number of halogens is 2. The summed E-state index contributed by atoms with van der Waals surface area (Å²) in [5.41, 5.74) is 0.863. The van der Waals surface area contributed by atoms with E-state index in [2.05, 4.69) is 15.6 Å². The van der Waals surface area contributed by atoms with Crippen molar-refractivity contribution in [3.05, 3.63) is 71.9 Å². The van der Waals surface area contributed by atoms with Gasteiger partial charge in [-0.05, 0) is 36.4 Å². The van der Waals surface area contributed by atoms with Gasteiger partial charge in [0.1, 0.15) is 30.7 Å². The van der Waals surface area contributed by atoms with Crippen molar-refractivity contribution in [1.82, 2.24) is 4.98 Å². The molecule has 1 aliphatic heterocycles. The summed E-state index contributed by atoms with van der Waals surface area (Å²) in [6.07, 6.45) is 1.45.